The zero-order valence-electron chi connectivity index (χ0n) is 24.9. The third kappa shape index (κ3) is 8.89. The second-order valence-corrected chi connectivity index (χ2v) is 10.9. The molecule has 0 heterocycles. The maximum Gasteiger partial charge on any atom is 0.251 e. The van der Waals surface area contributed by atoms with Crippen molar-refractivity contribution in [1.82, 2.24) is 10.2 Å². The first kappa shape index (κ1) is 32.7. The van der Waals surface area contributed by atoms with E-state index in [9.17, 15) is 27.2 Å². The molecule has 1 amide bonds. The van der Waals surface area contributed by atoms with E-state index in [-0.39, 0.29) is 46.8 Å². The minimum absolute atomic E-state index is 0.143. The Hall–Kier alpha value is -4.24. The molecule has 9 heteroatoms. The Morgan fingerprint density at radius 2 is 1.30 bits per heavy atom. The van der Waals surface area contributed by atoms with Gasteiger partial charge in [0.15, 0.2) is 29.1 Å². The molecule has 5 nitrogen and oxygen atoms in total. The van der Waals surface area contributed by atoms with Gasteiger partial charge in [0, 0.05) is 41.5 Å². The number of rotatable bonds is 12. The van der Waals surface area contributed by atoms with E-state index in [0.717, 1.165) is 69.0 Å². The summed E-state index contributed by atoms with van der Waals surface area (Å²) < 4.78 is 54.7. The molecule has 0 aliphatic heterocycles. The maximum absolute atomic E-state index is 13.9. The Balaban J connectivity index is 1.49. The number of carbonyl (C=O) groups is 2. The molecule has 232 valence electrons. The number of anilines is 1. The van der Waals surface area contributed by atoms with Crippen molar-refractivity contribution in [3.63, 3.8) is 0 Å². The monoisotopic (exact) mass is 607 g/mol. The zero-order valence-corrected chi connectivity index (χ0v) is 24.9. The number of Topliss-reactive ketones (excluding diaryl/α,β-unsaturated/α-hetero) is 1. The van der Waals surface area contributed by atoms with Crippen LogP contribution in [0.25, 0.3) is 12.2 Å². The molecule has 0 saturated heterocycles. The summed E-state index contributed by atoms with van der Waals surface area (Å²) in [6.45, 7) is 8.14. The summed E-state index contributed by atoms with van der Waals surface area (Å²) >= 11 is 0. The standard InChI is InChI=1S/C35H37F4N3O2/c1-3-14-42(15-4-2)16-13-40-28-9-7-25(8-10-28)35(44)41-29-21-26(17-23-5-11-30(36)32(38)19-23)34(43)27(22-29)18-24-6-12-31(37)33(39)20-24/h5-12,17-20,29,40H,3-4,13-16,21-22H2,1-2H3,(H,41,44)/b26-17+,27-18+. The highest BCUT2D eigenvalue weighted by atomic mass is 19.2. The number of amides is 1. The minimum atomic E-state index is -1.05. The fourth-order valence-corrected chi connectivity index (χ4v) is 5.29. The molecular formula is C35H37F4N3O2. The molecule has 1 saturated carbocycles. The van der Waals surface area contributed by atoms with Crippen molar-refractivity contribution in [3.8, 4) is 0 Å². The van der Waals surface area contributed by atoms with E-state index in [4.69, 9.17) is 0 Å². The molecule has 44 heavy (non-hydrogen) atoms. The molecule has 1 fully saturated rings. The van der Waals surface area contributed by atoms with Crippen molar-refractivity contribution in [1.29, 1.82) is 0 Å². The van der Waals surface area contributed by atoms with E-state index in [0.29, 0.717) is 5.56 Å². The normalized spacial score (nSPS) is 17.0. The molecule has 0 radical (unpaired) electrons. The van der Waals surface area contributed by atoms with Gasteiger partial charge in [-0.05, 0) is 111 Å². The number of nitrogens with zero attached hydrogens (tertiary/aromatic N) is 1. The first-order valence-electron chi connectivity index (χ1n) is 14.9. The number of ketones is 1. The lowest BCUT2D eigenvalue weighted by Gasteiger charge is -2.27. The third-order valence-corrected chi connectivity index (χ3v) is 7.40. The van der Waals surface area contributed by atoms with Crippen molar-refractivity contribution < 1.29 is 27.2 Å². The van der Waals surface area contributed by atoms with Crippen LogP contribution in [0.2, 0.25) is 0 Å². The van der Waals surface area contributed by atoms with Crippen LogP contribution < -0.4 is 10.6 Å². The molecule has 0 unspecified atom stereocenters. The van der Waals surface area contributed by atoms with Gasteiger partial charge in [-0.15, -0.1) is 0 Å². The number of nitrogens with one attached hydrogen (secondary N) is 2. The topological polar surface area (TPSA) is 61.4 Å². The van der Waals surface area contributed by atoms with Gasteiger partial charge in [0.25, 0.3) is 5.91 Å². The summed E-state index contributed by atoms with van der Waals surface area (Å²) in [5, 5.41) is 6.36. The van der Waals surface area contributed by atoms with Crippen LogP contribution in [0.5, 0.6) is 0 Å². The van der Waals surface area contributed by atoms with Crippen LogP contribution in [0.3, 0.4) is 0 Å². The largest absolute Gasteiger partial charge is 0.384 e. The van der Waals surface area contributed by atoms with Crippen molar-refractivity contribution in [2.24, 2.45) is 0 Å². The van der Waals surface area contributed by atoms with Crippen molar-refractivity contribution in [2.75, 3.05) is 31.5 Å². The third-order valence-electron chi connectivity index (χ3n) is 7.40. The summed E-state index contributed by atoms with van der Waals surface area (Å²) in [7, 11) is 0. The van der Waals surface area contributed by atoms with Gasteiger partial charge >= 0.3 is 0 Å². The van der Waals surface area contributed by atoms with Crippen LogP contribution >= 0.6 is 0 Å². The SMILES string of the molecule is CCCN(CCC)CCNc1ccc(C(=O)NC2C/C(=C\c3ccc(F)c(F)c3)C(=O)/C(=C/c3ccc(F)c(F)c3)C2)cc1. The van der Waals surface area contributed by atoms with Crippen molar-refractivity contribution in [2.45, 2.75) is 45.6 Å². The molecule has 0 spiro atoms. The number of hydrogen-bond acceptors (Lipinski definition) is 4. The van der Waals surface area contributed by atoms with Gasteiger partial charge in [-0.25, -0.2) is 17.6 Å². The minimum Gasteiger partial charge on any atom is -0.384 e. The lowest BCUT2D eigenvalue weighted by atomic mass is 9.83. The molecule has 2 N–H and O–H groups in total. The molecule has 0 aromatic heterocycles. The number of benzene rings is 3. The van der Waals surface area contributed by atoms with E-state index in [2.05, 4.69) is 29.4 Å². The summed E-state index contributed by atoms with van der Waals surface area (Å²) in [5.41, 5.74) is 2.42. The van der Waals surface area contributed by atoms with E-state index < -0.39 is 29.3 Å². The molecule has 0 bridgehead atoms. The average Bonchev–Trinajstić information content (AvgIpc) is 2.99. The Bertz CT molecular complexity index is 1460. The smallest absolute Gasteiger partial charge is 0.251 e. The predicted molar refractivity (Wildman–Crippen MR) is 166 cm³/mol. The van der Waals surface area contributed by atoms with Crippen LogP contribution in [0.15, 0.2) is 71.8 Å². The van der Waals surface area contributed by atoms with Crippen LogP contribution in [0, 0.1) is 23.3 Å². The Morgan fingerprint density at radius 3 is 1.77 bits per heavy atom. The summed E-state index contributed by atoms with van der Waals surface area (Å²) in [6, 6.07) is 13.2. The highest BCUT2D eigenvalue weighted by Crippen LogP contribution is 2.29. The molecule has 3 aromatic rings. The second-order valence-electron chi connectivity index (χ2n) is 10.9. The summed E-state index contributed by atoms with van der Waals surface area (Å²) in [5.74, 6) is -4.85. The van der Waals surface area contributed by atoms with Gasteiger partial charge in [-0.1, -0.05) is 26.0 Å². The molecule has 1 aliphatic carbocycles. The van der Waals surface area contributed by atoms with Crippen LogP contribution in [0.1, 0.15) is 61.0 Å². The maximum atomic E-state index is 13.9. The van der Waals surface area contributed by atoms with Gasteiger partial charge in [0.2, 0.25) is 0 Å². The molecular weight excluding hydrogens is 570 g/mol. The summed E-state index contributed by atoms with van der Waals surface area (Å²) in [4.78, 5) is 29.0. The summed E-state index contributed by atoms with van der Waals surface area (Å²) in [6.07, 6.45) is 5.39. The van der Waals surface area contributed by atoms with Gasteiger partial charge < -0.3 is 15.5 Å². The van der Waals surface area contributed by atoms with Crippen LogP contribution in [-0.2, 0) is 4.79 Å². The predicted octanol–water partition coefficient (Wildman–Crippen LogP) is 7.41. The molecule has 4 rings (SSSR count). The number of hydrogen-bond donors (Lipinski definition) is 2. The Morgan fingerprint density at radius 1 is 0.773 bits per heavy atom. The van der Waals surface area contributed by atoms with E-state index >= 15 is 0 Å². The number of carbonyl (C=O) groups excluding carboxylic acids is 2. The zero-order chi connectivity index (χ0) is 31.6. The van der Waals surface area contributed by atoms with Gasteiger partial charge in [-0.2, -0.15) is 0 Å². The number of halogens is 4. The second kappa shape index (κ2) is 15.5. The highest BCUT2D eigenvalue weighted by Gasteiger charge is 2.29. The van der Waals surface area contributed by atoms with Gasteiger partial charge in [0.05, 0.1) is 0 Å². The van der Waals surface area contributed by atoms with Crippen LogP contribution in [0.4, 0.5) is 23.2 Å². The lowest BCUT2D eigenvalue weighted by molar-refractivity contribution is -0.113. The Kier molecular flexibility index (Phi) is 11.5. The van der Waals surface area contributed by atoms with Crippen molar-refractivity contribution >= 4 is 29.5 Å². The highest BCUT2D eigenvalue weighted by molar-refractivity contribution is 6.14. The molecule has 0 atom stereocenters. The average molecular weight is 608 g/mol. The quantitative estimate of drug-likeness (QED) is 0.166. The molecule has 1 aliphatic rings. The first-order chi connectivity index (χ1) is 21.2. The van der Waals surface area contributed by atoms with E-state index in [1.54, 1.807) is 12.1 Å². The lowest BCUT2D eigenvalue weighted by Crippen LogP contribution is -2.39. The first-order valence-corrected chi connectivity index (χ1v) is 14.9. The molecule has 3 aromatic carbocycles. The van der Waals surface area contributed by atoms with Crippen LogP contribution in [-0.4, -0.2) is 48.8 Å². The van der Waals surface area contributed by atoms with Gasteiger partial charge in [0.1, 0.15) is 0 Å². The van der Waals surface area contributed by atoms with E-state index in [1.165, 1.54) is 24.3 Å². The Labute approximate surface area is 255 Å². The fraction of sp³-hybridized carbons (Fsp3) is 0.314. The fourth-order valence-electron chi connectivity index (χ4n) is 5.29. The van der Waals surface area contributed by atoms with Crippen molar-refractivity contribution in [3.05, 3.63) is 112 Å². The van der Waals surface area contributed by atoms with E-state index in [1.807, 2.05) is 12.1 Å². The van der Waals surface area contributed by atoms with Gasteiger partial charge in [-0.3, -0.25) is 9.59 Å².